The molecule has 150 valence electrons. The maximum atomic E-state index is 12.8. The van der Waals surface area contributed by atoms with Crippen LogP contribution in [0.5, 0.6) is 11.5 Å². The van der Waals surface area contributed by atoms with Gasteiger partial charge < -0.3 is 19.7 Å². The predicted octanol–water partition coefficient (Wildman–Crippen LogP) is 5.16. The number of carbonyl (C=O) groups is 2. The lowest BCUT2D eigenvalue weighted by Gasteiger charge is -2.15. The Hall–Kier alpha value is -2.38. The number of benzene rings is 2. The van der Waals surface area contributed by atoms with E-state index in [1.807, 2.05) is 6.92 Å². The number of halogens is 1. The summed E-state index contributed by atoms with van der Waals surface area (Å²) in [5, 5.41) is 2.99. The number of amides is 2. The monoisotopic (exact) mass is 422 g/mol. The van der Waals surface area contributed by atoms with Gasteiger partial charge in [-0.2, -0.15) is 0 Å². The Bertz CT molecular complexity index is 858. The fourth-order valence-electron chi connectivity index (χ4n) is 2.23. The summed E-state index contributed by atoms with van der Waals surface area (Å²) in [4.78, 5) is 26.9. The summed E-state index contributed by atoms with van der Waals surface area (Å²) in [6.45, 7) is 2.48. The Morgan fingerprint density at radius 3 is 2.57 bits per heavy atom. The zero-order valence-electron chi connectivity index (χ0n) is 16.2. The quantitative estimate of drug-likeness (QED) is 0.624. The molecule has 0 radical (unpaired) electrons. The van der Waals surface area contributed by atoms with Crippen LogP contribution in [0.25, 0.3) is 0 Å². The molecule has 2 aromatic rings. The van der Waals surface area contributed by atoms with Gasteiger partial charge in [0.25, 0.3) is 11.1 Å². The van der Waals surface area contributed by atoms with Crippen molar-refractivity contribution in [2.75, 3.05) is 33.1 Å². The maximum absolute atomic E-state index is 12.8. The number of anilines is 1. The third-order valence-corrected chi connectivity index (χ3v) is 5.04. The molecule has 0 aromatic heterocycles. The van der Waals surface area contributed by atoms with Crippen LogP contribution in [0, 0.1) is 0 Å². The van der Waals surface area contributed by atoms with E-state index in [1.165, 1.54) is 18.1 Å². The number of hydrogen-bond acceptors (Lipinski definition) is 5. The predicted molar refractivity (Wildman–Crippen MR) is 113 cm³/mol. The average Bonchev–Trinajstić information content (AvgIpc) is 2.67. The highest BCUT2D eigenvalue weighted by atomic mass is 35.5. The number of carbonyl (C=O) groups excluding carboxylic acids is 2. The van der Waals surface area contributed by atoms with E-state index in [0.29, 0.717) is 39.3 Å². The van der Waals surface area contributed by atoms with E-state index in [4.69, 9.17) is 21.1 Å². The molecule has 0 spiro atoms. The van der Waals surface area contributed by atoms with Gasteiger partial charge in [0.05, 0.1) is 24.4 Å². The number of rotatable bonds is 7. The molecule has 2 rings (SSSR count). The van der Waals surface area contributed by atoms with Crippen molar-refractivity contribution < 1.29 is 19.1 Å². The van der Waals surface area contributed by atoms with E-state index in [2.05, 4.69) is 5.32 Å². The molecule has 1 N–H and O–H groups in total. The van der Waals surface area contributed by atoms with E-state index in [1.54, 1.807) is 44.4 Å². The lowest BCUT2D eigenvalue weighted by atomic mass is 10.1. The zero-order valence-corrected chi connectivity index (χ0v) is 17.8. The highest BCUT2D eigenvalue weighted by molar-refractivity contribution is 8.13. The molecule has 0 fully saturated rings. The van der Waals surface area contributed by atoms with Gasteiger partial charge in [0.2, 0.25) is 0 Å². The number of hydrogen-bond donors (Lipinski definition) is 1. The third-order valence-electron chi connectivity index (χ3n) is 3.64. The summed E-state index contributed by atoms with van der Waals surface area (Å²) in [5.74, 6) is 0.430. The van der Waals surface area contributed by atoms with Crippen molar-refractivity contribution in [2.45, 2.75) is 18.2 Å². The fourth-order valence-corrected chi connectivity index (χ4v) is 3.25. The minimum Gasteiger partial charge on any atom is -0.493 e. The molecule has 0 heterocycles. The molecule has 0 bridgehead atoms. The van der Waals surface area contributed by atoms with Crippen LogP contribution in [0.15, 0.2) is 41.3 Å². The fraction of sp³-hybridized carbons (Fsp3) is 0.300. The van der Waals surface area contributed by atoms with Crippen molar-refractivity contribution in [1.29, 1.82) is 0 Å². The summed E-state index contributed by atoms with van der Waals surface area (Å²) in [5.41, 5.74) is 0.860. The van der Waals surface area contributed by atoms with Crippen LogP contribution in [0.1, 0.15) is 23.7 Å². The van der Waals surface area contributed by atoms with Gasteiger partial charge in [-0.1, -0.05) is 30.7 Å². The second kappa shape index (κ2) is 10.2. The Labute approximate surface area is 174 Å². The molecular formula is C20H23ClN2O4S. The molecule has 8 heteroatoms. The summed E-state index contributed by atoms with van der Waals surface area (Å²) in [6.07, 6.45) is 0.821. The molecule has 0 aliphatic heterocycles. The molecule has 0 atom stereocenters. The molecule has 0 aliphatic carbocycles. The van der Waals surface area contributed by atoms with Gasteiger partial charge in [-0.15, -0.1) is 0 Å². The van der Waals surface area contributed by atoms with Crippen molar-refractivity contribution in [3.63, 3.8) is 0 Å². The van der Waals surface area contributed by atoms with Crippen LogP contribution in [0.2, 0.25) is 5.02 Å². The van der Waals surface area contributed by atoms with Crippen molar-refractivity contribution in [1.82, 2.24) is 4.90 Å². The normalized spacial score (nSPS) is 10.3. The summed E-state index contributed by atoms with van der Waals surface area (Å²) < 4.78 is 10.9. The average molecular weight is 423 g/mol. The number of para-hydroxylation sites is 1. The van der Waals surface area contributed by atoms with Gasteiger partial charge in [-0.25, -0.2) is 0 Å². The molecule has 2 aromatic carbocycles. The number of thioether (sulfide) groups is 1. The minimum atomic E-state index is -0.368. The topological polar surface area (TPSA) is 67.9 Å². The van der Waals surface area contributed by atoms with Crippen LogP contribution in [0.4, 0.5) is 10.5 Å². The van der Waals surface area contributed by atoms with Crippen LogP contribution < -0.4 is 14.8 Å². The first-order chi connectivity index (χ1) is 13.4. The SMILES string of the molecule is CCCOc1c(Cl)cc(C(=O)Nc2ccccc2SC(=O)N(C)C)cc1OC. The largest absolute Gasteiger partial charge is 0.493 e. The molecule has 6 nitrogen and oxygen atoms in total. The van der Waals surface area contributed by atoms with Gasteiger partial charge in [0.15, 0.2) is 11.5 Å². The molecule has 28 heavy (non-hydrogen) atoms. The van der Waals surface area contributed by atoms with E-state index in [9.17, 15) is 9.59 Å². The van der Waals surface area contributed by atoms with Gasteiger partial charge in [-0.3, -0.25) is 9.59 Å². The first kappa shape index (κ1) is 21.9. The molecule has 0 saturated heterocycles. The van der Waals surface area contributed by atoms with Crippen molar-refractivity contribution in [3.8, 4) is 11.5 Å². The molecule has 0 saturated carbocycles. The molecule has 0 unspecified atom stereocenters. The van der Waals surface area contributed by atoms with E-state index < -0.39 is 0 Å². The van der Waals surface area contributed by atoms with Gasteiger partial charge >= 0.3 is 0 Å². The Morgan fingerprint density at radius 2 is 1.93 bits per heavy atom. The van der Waals surface area contributed by atoms with Crippen LogP contribution >= 0.6 is 23.4 Å². The number of nitrogens with one attached hydrogen (secondary N) is 1. The lowest BCUT2D eigenvalue weighted by molar-refractivity contribution is 0.102. The Kier molecular flexibility index (Phi) is 8.02. The Balaban J connectivity index is 2.26. The second-order valence-electron chi connectivity index (χ2n) is 6.05. The Morgan fingerprint density at radius 1 is 1.21 bits per heavy atom. The first-order valence-corrected chi connectivity index (χ1v) is 9.86. The van der Waals surface area contributed by atoms with Crippen molar-refractivity contribution in [2.24, 2.45) is 0 Å². The standard InChI is InChI=1S/C20H23ClN2O4S/c1-5-10-27-18-14(21)11-13(12-16(18)26-4)19(24)22-15-8-6-7-9-17(15)28-20(25)23(2)3/h6-9,11-12H,5,10H2,1-4H3,(H,22,24). The summed E-state index contributed by atoms with van der Waals surface area (Å²) in [7, 11) is 4.84. The lowest BCUT2D eigenvalue weighted by Crippen LogP contribution is -2.17. The van der Waals surface area contributed by atoms with Gasteiger partial charge in [-0.05, 0) is 42.4 Å². The smallest absolute Gasteiger partial charge is 0.286 e. The maximum Gasteiger partial charge on any atom is 0.286 e. The second-order valence-corrected chi connectivity index (χ2v) is 7.45. The van der Waals surface area contributed by atoms with Crippen LogP contribution in [-0.2, 0) is 0 Å². The van der Waals surface area contributed by atoms with Crippen LogP contribution in [0.3, 0.4) is 0 Å². The molecular weight excluding hydrogens is 400 g/mol. The van der Waals surface area contributed by atoms with Crippen molar-refractivity contribution >= 4 is 40.2 Å². The van der Waals surface area contributed by atoms with E-state index >= 15 is 0 Å². The van der Waals surface area contributed by atoms with E-state index in [0.717, 1.165) is 18.2 Å². The molecule has 0 aliphatic rings. The van der Waals surface area contributed by atoms with Crippen LogP contribution in [-0.4, -0.2) is 43.9 Å². The van der Waals surface area contributed by atoms with Gasteiger partial charge in [0, 0.05) is 24.6 Å². The minimum absolute atomic E-state index is 0.135. The highest BCUT2D eigenvalue weighted by Crippen LogP contribution is 2.37. The third kappa shape index (κ3) is 5.56. The number of ether oxygens (including phenoxy) is 2. The zero-order chi connectivity index (χ0) is 20.7. The highest BCUT2D eigenvalue weighted by Gasteiger charge is 2.18. The summed E-state index contributed by atoms with van der Waals surface area (Å²) >= 11 is 7.33. The summed E-state index contributed by atoms with van der Waals surface area (Å²) in [6, 6.07) is 10.2. The molecule has 2 amide bonds. The van der Waals surface area contributed by atoms with Crippen molar-refractivity contribution in [3.05, 3.63) is 47.0 Å². The van der Waals surface area contributed by atoms with Gasteiger partial charge in [0.1, 0.15) is 0 Å². The first-order valence-electron chi connectivity index (χ1n) is 8.67. The van der Waals surface area contributed by atoms with E-state index in [-0.39, 0.29) is 11.1 Å². The number of methoxy groups -OCH3 is 1. The number of nitrogens with zero attached hydrogens (tertiary/aromatic N) is 1.